The van der Waals surface area contributed by atoms with Gasteiger partial charge in [-0.25, -0.2) is 15.0 Å². The number of hydrogen-bond donors (Lipinski definition) is 0. The van der Waals surface area contributed by atoms with E-state index >= 15 is 0 Å². The first-order valence-electron chi connectivity index (χ1n) is 20.6. The van der Waals surface area contributed by atoms with E-state index in [9.17, 15) is 0 Å². The Labute approximate surface area is 348 Å². The largest absolute Gasteiger partial charge is 0.461 e. The summed E-state index contributed by atoms with van der Waals surface area (Å²) in [4.78, 5) is 15.7. The first-order valence-corrected chi connectivity index (χ1v) is 20.6. The maximum Gasteiger partial charge on any atom is 0.164 e. The lowest BCUT2D eigenvalue weighted by Gasteiger charge is -2.46. The minimum absolute atomic E-state index is 0.135. The Balaban J connectivity index is 1.04. The van der Waals surface area contributed by atoms with E-state index < -0.39 is 0 Å². The average Bonchev–Trinajstić information content (AvgIpc) is 3.62. The van der Waals surface area contributed by atoms with Crippen LogP contribution in [0.2, 0.25) is 0 Å². The van der Waals surface area contributed by atoms with Gasteiger partial charge in [-0.1, -0.05) is 188 Å². The van der Waals surface area contributed by atoms with Crippen LogP contribution >= 0.6 is 0 Å². The first kappa shape index (κ1) is 34.4. The van der Waals surface area contributed by atoms with Gasteiger partial charge in [-0.3, -0.25) is 0 Å². The summed E-state index contributed by atoms with van der Waals surface area (Å²) in [5.41, 5.74) is 13.3. The highest BCUT2D eigenvalue weighted by atomic mass is 16.5. The van der Waals surface area contributed by atoms with Crippen LogP contribution < -0.4 is 4.74 Å². The van der Waals surface area contributed by atoms with Crippen molar-refractivity contribution in [3.8, 4) is 73.3 Å². The second-order valence-corrected chi connectivity index (χ2v) is 15.8. The van der Waals surface area contributed by atoms with Crippen molar-refractivity contribution in [2.24, 2.45) is 5.92 Å². The molecule has 0 radical (unpaired) electrons. The number of fused-ring (bicyclic) bond motifs is 10. The van der Waals surface area contributed by atoms with Crippen LogP contribution in [0.15, 0.2) is 212 Å². The summed E-state index contributed by atoms with van der Waals surface area (Å²) < 4.78 is 6.97. The number of rotatable bonds is 5. The molecule has 4 nitrogen and oxygen atoms in total. The molecule has 1 aromatic heterocycles. The molecule has 282 valence electrons. The van der Waals surface area contributed by atoms with Crippen LogP contribution in [0.3, 0.4) is 0 Å². The molecule has 9 aromatic rings. The van der Waals surface area contributed by atoms with Crippen molar-refractivity contribution in [1.82, 2.24) is 15.0 Å². The summed E-state index contributed by atoms with van der Waals surface area (Å²) in [6.45, 7) is 0. The lowest BCUT2D eigenvalue weighted by atomic mass is 9.60. The number of benzene rings is 8. The SMILES string of the molecule is C1=CCC2C(=C1)Oc1cc(-c3ccccc3-c3nc(-c4ccccc4)nc(-c4ccc(-c5ccccc5)c5ccccc45)n3)ccc1C21c2ccccc2-c2ccccc21. The van der Waals surface area contributed by atoms with Gasteiger partial charge in [-0.15, -0.1) is 0 Å². The number of allylic oxidation sites excluding steroid dienone is 4. The highest BCUT2D eigenvalue weighted by Gasteiger charge is 2.55. The van der Waals surface area contributed by atoms with Crippen molar-refractivity contribution in [3.05, 3.63) is 229 Å². The molecular weight excluding hydrogens is 731 g/mol. The van der Waals surface area contributed by atoms with E-state index in [-0.39, 0.29) is 11.3 Å². The zero-order valence-electron chi connectivity index (χ0n) is 32.7. The van der Waals surface area contributed by atoms with Gasteiger partial charge in [0.1, 0.15) is 11.5 Å². The fourth-order valence-electron chi connectivity index (χ4n) is 10.1. The van der Waals surface area contributed by atoms with Gasteiger partial charge in [0.2, 0.25) is 0 Å². The van der Waals surface area contributed by atoms with E-state index in [1.54, 1.807) is 0 Å². The van der Waals surface area contributed by atoms with E-state index in [0.29, 0.717) is 17.5 Å². The molecule has 0 saturated heterocycles. The lowest BCUT2D eigenvalue weighted by Crippen LogP contribution is -2.42. The molecule has 12 rings (SSSR count). The Morgan fingerprint density at radius 1 is 0.417 bits per heavy atom. The normalized spacial score (nSPS) is 15.4. The van der Waals surface area contributed by atoms with Crippen LogP contribution in [0, 0.1) is 5.92 Å². The number of aromatic nitrogens is 3. The van der Waals surface area contributed by atoms with Crippen LogP contribution in [0.1, 0.15) is 23.1 Å². The molecule has 3 aliphatic rings. The monoisotopic (exact) mass is 767 g/mol. The van der Waals surface area contributed by atoms with Crippen LogP contribution in [0.4, 0.5) is 0 Å². The Bertz CT molecular complexity index is 3180. The zero-order valence-corrected chi connectivity index (χ0v) is 32.7. The van der Waals surface area contributed by atoms with Gasteiger partial charge in [0, 0.05) is 28.2 Å². The van der Waals surface area contributed by atoms with Crippen molar-refractivity contribution in [2.75, 3.05) is 0 Å². The Morgan fingerprint density at radius 3 is 1.68 bits per heavy atom. The topological polar surface area (TPSA) is 47.9 Å². The van der Waals surface area contributed by atoms with Gasteiger partial charge < -0.3 is 4.74 Å². The Morgan fingerprint density at radius 2 is 0.967 bits per heavy atom. The molecule has 1 spiro atoms. The molecule has 0 bridgehead atoms. The van der Waals surface area contributed by atoms with Crippen LogP contribution in [0.25, 0.3) is 78.3 Å². The summed E-state index contributed by atoms with van der Waals surface area (Å²) >= 11 is 0. The highest BCUT2D eigenvalue weighted by Crippen LogP contribution is 2.63. The predicted octanol–water partition coefficient (Wildman–Crippen LogP) is 13.5. The molecule has 0 N–H and O–H groups in total. The minimum atomic E-state index is -0.387. The van der Waals surface area contributed by atoms with Crippen molar-refractivity contribution in [1.29, 1.82) is 0 Å². The van der Waals surface area contributed by atoms with Gasteiger partial charge in [0.25, 0.3) is 0 Å². The third kappa shape index (κ3) is 5.20. The second kappa shape index (κ2) is 13.7. The number of ether oxygens (including phenoxy) is 1. The van der Waals surface area contributed by atoms with E-state index in [1.165, 1.54) is 38.9 Å². The number of hydrogen-bond acceptors (Lipinski definition) is 4. The summed E-state index contributed by atoms with van der Waals surface area (Å²) in [5.74, 6) is 3.87. The Kier molecular flexibility index (Phi) is 7.85. The molecule has 0 fully saturated rings. The summed E-state index contributed by atoms with van der Waals surface area (Å²) in [6.07, 6.45) is 7.48. The lowest BCUT2D eigenvalue weighted by molar-refractivity contribution is 0.253. The molecule has 0 amide bonds. The fraction of sp³-hybridized carbons (Fsp3) is 0.0536. The fourth-order valence-corrected chi connectivity index (χ4v) is 10.1. The van der Waals surface area contributed by atoms with E-state index in [2.05, 4.69) is 188 Å². The van der Waals surface area contributed by atoms with Gasteiger partial charge in [0.05, 0.1) is 5.41 Å². The highest BCUT2D eigenvalue weighted by molar-refractivity contribution is 6.04. The molecule has 8 aromatic carbocycles. The third-order valence-electron chi connectivity index (χ3n) is 12.7. The molecule has 2 heterocycles. The van der Waals surface area contributed by atoms with Crippen LogP contribution in [0.5, 0.6) is 5.75 Å². The maximum atomic E-state index is 6.97. The second-order valence-electron chi connectivity index (χ2n) is 15.8. The van der Waals surface area contributed by atoms with Crippen LogP contribution in [-0.4, -0.2) is 15.0 Å². The van der Waals surface area contributed by atoms with Crippen molar-refractivity contribution in [3.63, 3.8) is 0 Å². The molecule has 1 aliphatic heterocycles. The summed E-state index contributed by atoms with van der Waals surface area (Å²) in [5, 5.41) is 2.24. The van der Waals surface area contributed by atoms with E-state index in [0.717, 1.165) is 56.5 Å². The summed E-state index contributed by atoms with van der Waals surface area (Å²) in [6, 6.07) is 66.7. The van der Waals surface area contributed by atoms with E-state index in [4.69, 9.17) is 19.7 Å². The third-order valence-corrected chi connectivity index (χ3v) is 12.7. The molecule has 0 saturated carbocycles. The van der Waals surface area contributed by atoms with Crippen molar-refractivity contribution in [2.45, 2.75) is 11.8 Å². The summed E-state index contributed by atoms with van der Waals surface area (Å²) in [7, 11) is 0. The van der Waals surface area contributed by atoms with Gasteiger partial charge in [-0.05, 0) is 79.9 Å². The molecule has 1 atom stereocenters. The number of nitrogens with zero attached hydrogens (tertiary/aromatic N) is 3. The van der Waals surface area contributed by atoms with Gasteiger partial charge in [0.15, 0.2) is 17.5 Å². The first-order chi connectivity index (χ1) is 29.8. The molecule has 1 unspecified atom stereocenters. The molecule has 4 heteroatoms. The van der Waals surface area contributed by atoms with Crippen molar-refractivity contribution >= 4 is 10.8 Å². The quantitative estimate of drug-likeness (QED) is 0.175. The standard InChI is InChI=1S/C56H37N3O/c1-3-17-36(18-4-1)40-32-33-46(42-23-9-8-22-41(40)42)55-58-53(37-19-5-2-6-20-37)57-54(59-55)45-26-10-7-21-39(45)38-31-34-50-52(35-38)60-51-30-16-15-29-49(51)56(50)47-27-13-11-24-43(47)44-25-12-14-28-48(44)56/h1-28,30-35,49H,29H2. The average molecular weight is 768 g/mol. The van der Waals surface area contributed by atoms with Gasteiger partial charge in [-0.2, -0.15) is 0 Å². The smallest absolute Gasteiger partial charge is 0.164 e. The van der Waals surface area contributed by atoms with Gasteiger partial charge >= 0.3 is 0 Å². The Hall–Kier alpha value is -7.69. The maximum absolute atomic E-state index is 6.97. The molecule has 60 heavy (non-hydrogen) atoms. The predicted molar refractivity (Wildman–Crippen MR) is 242 cm³/mol. The van der Waals surface area contributed by atoms with E-state index in [1.807, 2.05) is 18.2 Å². The van der Waals surface area contributed by atoms with Crippen molar-refractivity contribution < 1.29 is 4.74 Å². The zero-order chi connectivity index (χ0) is 39.6. The van der Waals surface area contributed by atoms with Crippen LogP contribution in [-0.2, 0) is 5.41 Å². The molecule has 2 aliphatic carbocycles. The minimum Gasteiger partial charge on any atom is -0.461 e. The molecular formula is C56H37N3O.